The number of esters is 4. The van der Waals surface area contributed by atoms with Crippen molar-refractivity contribution < 1.29 is 80.2 Å². The maximum atomic E-state index is 13.1. The molecule has 0 rings (SSSR count). The Hall–Kier alpha value is -1.94. The van der Waals surface area contributed by atoms with E-state index in [-0.39, 0.29) is 25.7 Å². The van der Waals surface area contributed by atoms with Crippen LogP contribution in [0.3, 0.4) is 0 Å². The zero-order chi connectivity index (χ0) is 71.7. The largest absolute Gasteiger partial charge is 0.472 e. The van der Waals surface area contributed by atoms with Crippen LogP contribution in [-0.4, -0.2) is 96.7 Å². The highest BCUT2D eigenvalue weighted by atomic mass is 31.2. The standard InChI is InChI=1S/C78H152O17P2/c1-9-70(7)56-48-40-32-28-29-33-42-50-58-75(80)88-64-73(94-77(82)61-53-45-35-27-23-19-15-17-21-25-31-39-47-55-69(5)6)66-92-96(84,85)90-62-72(79)63-91-97(86,87)93-67-74(65-89-76(81)59-51-43-37-36-41-49-57-71(8)10-2)95-78(83)60-52-44-34-26-22-18-14-12-11-13-16-20-24-30-38-46-54-68(3)4/h68-74,79H,9-67H2,1-8H3,(H,84,85)(H,86,87)/t70?,71?,72-,73-,74-/m1/s1. The first-order valence-electron chi connectivity index (χ1n) is 40.3. The first kappa shape index (κ1) is 95.1. The van der Waals surface area contributed by atoms with Crippen LogP contribution in [0.5, 0.6) is 0 Å². The van der Waals surface area contributed by atoms with Gasteiger partial charge in [0.2, 0.25) is 0 Å². The van der Waals surface area contributed by atoms with E-state index < -0.39 is 97.5 Å². The Bertz CT molecular complexity index is 1910. The van der Waals surface area contributed by atoms with Crippen LogP contribution in [0.25, 0.3) is 0 Å². The molecule has 0 amide bonds. The number of aliphatic hydroxyl groups excluding tert-OH is 1. The summed E-state index contributed by atoms with van der Waals surface area (Å²) < 4.78 is 68.6. The van der Waals surface area contributed by atoms with Crippen molar-refractivity contribution in [3.05, 3.63) is 0 Å². The highest BCUT2D eigenvalue weighted by Gasteiger charge is 2.30. The van der Waals surface area contributed by atoms with E-state index in [2.05, 4.69) is 55.4 Å². The summed E-state index contributed by atoms with van der Waals surface area (Å²) in [7, 11) is -9.92. The highest BCUT2D eigenvalue weighted by Crippen LogP contribution is 2.45. The molecule has 576 valence electrons. The van der Waals surface area contributed by atoms with Gasteiger partial charge in [-0.25, -0.2) is 9.13 Å². The molecule has 0 aliphatic rings. The van der Waals surface area contributed by atoms with Gasteiger partial charge in [0.25, 0.3) is 0 Å². The van der Waals surface area contributed by atoms with E-state index in [1.165, 1.54) is 193 Å². The average Bonchev–Trinajstić information content (AvgIpc) is 1.20. The SMILES string of the molecule is CCC(C)CCCCCCCCCCC(=O)OC[C@H](COP(=O)(O)OC[C@@H](O)COP(=O)(O)OC[C@@H](COC(=O)CCCCCCCCC(C)CC)OC(=O)CCCCCCCCCCCCCCCCCCC(C)C)OC(=O)CCCCCCCCCCCCCCCC(C)C. The number of aliphatic hydroxyl groups is 1. The highest BCUT2D eigenvalue weighted by molar-refractivity contribution is 7.47. The van der Waals surface area contributed by atoms with E-state index in [0.29, 0.717) is 25.7 Å². The van der Waals surface area contributed by atoms with Gasteiger partial charge >= 0.3 is 39.5 Å². The molecule has 0 aromatic carbocycles. The molecular weight excluding hydrogens is 1270 g/mol. The van der Waals surface area contributed by atoms with Gasteiger partial charge in [0, 0.05) is 25.7 Å². The van der Waals surface area contributed by atoms with Crippen molar-refractivity contribution >= 4 is 39.5 Å². The lowest BCUT2D eigenvalue weighted by atomic mass is 9.99. The molecule has 4 unspecified atom stereocenters. The molecule has 7 atom stereocenters. The van der Waals surface area contributed by atoms with Crippen LogP contribution in [0.4, 0.5) is 0 Å². The van der Waals surface area contributed by atoms with Gasteiger partial charge in [-0.1, -0.05) is 344 Å². The Labute approximate surface area is 594 Å². The fourth-order valence-electron chi connectivity index (χ4n) is 11.8. The normalized spacial score (nSPS) is 14.6. The van der Waals surface area contributed by atoms with Gasteiger partial charge in [0.15, 0.2) is 12.2 Å². The van der Waals surface area contributed by atoms with Gasteiger partial charge in [-0.15, -0.1) is 0 Å². The molecule has 19 heteroatoms. The van der Waals surface area contributed by atoms with Gasteiger partial charge in [0.1, 0.15) is 19.3 Å². The van der Waals surface area contributed by atoms with Crippen LogP contribution in [0.2, 0.25) is 0 Å². The quantitative estimate of drug-likeness (QED) is 0.0222. The first-order valence-corrected chi connectivity index (χ1v) is 43.3. The summed E-state index contributed by atoms with van der Waals surface area (Å²) in [4.78, 5) is 72.9. The van der Waals surface area contributed by atoms with Gasteiger partial charge in [-0.3, -0.25) is 37.3 Å². The molecule has 3 N–H and O–H groups in total. The summed E-state index contributed by atoms with van der Waals surface area (Å²) in [6.45, 7) is 14.2. The number of unbranched alkanes of at least 4 members (excludes halogenated alkanes) is 39. The van der Waals surface area contributed by atoms with Gasteiger partial charge in [-0.2, -0.15) is 0 Å². The van der Waals surface area contributed by atoms with E-state index in [1.807, 2.05) is 0 Å². The second-order valence-electron chi connectivity index (χ2n) is 29.5. The maximum Gasteiger partial charge on any atom is 0.472 e. The fraction of sp³-hybridized carbons (Fsp3) is 0.949. The smallest absolute Gasteiger partial charge is 0.462 e. The van der Waals surface area contributed by atoms with Gasteiger partial charge in [-0.05, 0) is 49.4 Å². The van der Waals surface area contributed by atoms with E-state index in [0.717, 1.165) is 120 Å². The number of carbonyl (C=O) groups is 4. The van der Waals surface area contributed by atoms with Crippen molar-refractivity contribution in [1.82, 2.24) is 0 Å². The van der Waals surface area contributed by atoms with Crippen LogP contribution >= 0.6 is 15.6 Å². The minimum absolute atomic E-state index is 0.106. The molecule has 0 aromatic rings. The molecule has 0 aromatic heterocycles. The summed E-state index contributed by atoms with van der Waals surface area (Å²) in [5.41, 5.74) is 0. The van der Waals surface area contributed by atoms with Crippen molar-refractivity contribution in [3.8, 4) is 0 Å². The average molecular weight is 1420 g/mol. The Balaban J connectivity index is 5.23. The number of rotatable bonds is 75. The maximum absolute atomic E-state index is 13.1. The van der Waals surface area contributed by atoms with Crippen LogP contribution in [-0.2, 0) is 65.4 Å². The number of hydrogen-bond acceptors (Lipinski definition) is 15. The number of hydrogen-bond donors (Lipinski definition) is 3. The van der Waals surface area contributed by atoms with E-state index in [1.54, 1.807) is 0 Å². The number of phosphoric acid groups is 2. The third kappa shape index (κ3) is 69.5. The zero-order valence-corrected chi connectivity index (χ0v) is 65.5. The lowest BCUT2D eigenvalue weighted by molar-refractivity contribution is -0.161. The fourth-order valence-corrected chi connectivity index (χ4v) is 13.4. The molecule has 0 saturated carbocycles. The van der Waals surface area contributed by atoms with Gasteiger partial charge in [0.05, 0.1) is 26.4 Å². The Morgan fingerprint density at radius 2 is 0.495 bits per heavy atom. The Kier molecular flexibility index (Phi) is 65.9. The molecule has 0 spiro atoms. The van der Waals surface area contributed by atoms with Crippen LogP contribution in [0.1, 0.15) is 396 Å². The topological polar surface area (TPSA) is 237 Å². The third-order valence-electron chi connectivity index (χ3n) is 18.8. The van der Waals surface area contributed by atoms with Gasteiger partial charge < -0.3 is 33.8 Å². The van der Waals surface area contributed by atoms with Crippen LogP contribution in [0.15, 0.2) is 0 Å². The zero-order valence-electron chi connectivity index (χ0n) is 63.7. The Morgan fingerprint density at radius 3 is 0.732 bits per heavy atom. The molecule has 0 fully saturated rings. The van der Waals surface area contributed by atoms with Crippen LogP contribution < -0.4 is 0 Å². The van der Waals surface area contributed by atoms with Crippen molar-refractivity contribution in [2.75, 3.05) is 39.6 Å². The molecular formula is C78H152O17P2. The molecule has 0 aliphatic heterocycles. The predicted molar refractivity (Wildman–Crippen MR) is 395 cm³/mol. The lowest BCUT2D eigenvalue weighted by Crippen LogP contribution is -2.30. The predicted octanol–water partition coefficient (Wildman–Crippen LogP) is 22.8. The molecule has 17 nitrogen and oxygen atoms in total. The molecule has 0 radical (unpaired) electrons. The summed E-state index contributed by atoms with van der Waals surface area (Å²) >= 11 is 0. The summed E-state index contributed by atoms with van der Waals surface area (Å²) in [5.74, 6) is 0.985. The molecule has 0 heterocycles. The summed E-state index contributed by atoms with van der Waals surface area (Å²) in [6, 6.07) is 0. The summed E-state index contributed by atoms with van der Waals surface area (Å²) in [6.07, 6.45) is 52.7. The second-order valence-corrected chi connectivity index (χ2v) is 32.4. The summed E-state index contributed by atoms with van der Waals surface area (Å²) in [5, 5.41) is 10.6. The monoisotopic (exact) mass is 1420 g/mol. The second kappa shape index (κ2) is 67.2. The van der Waals surface area contributed by atoms with E-state index >= 15 is 0 Å². The van der Waals surface area contributed by atoms with E-state index in [9.17, 15) is 43.2 Å². The number of ether oxygens (including phenoxy) is 4. The van der Waals surface area contributed by atoms with E-state index in [4.69, 9.17) is 37.0 Å². The lowest BCUT2D eigenvalue weighted by Gasteiger charge is -2.21. The van der Waals surface area contributed by atoms with Crippen molar-refractivity contribution in [2.45, 2.75) is 414 Å². The molecule has 0 bridgehead atoms. The molecule has 97 heavy (non-hydrogen) atoms. The van der Waals surface area contributed by atoms with Crippen molar-refractivity contribution in [2.24, 2.45) is 23.7 Å². The first-order chi connectivity index (χ1) is 46.7. The molecule has 0 aliphatic carbocycles. The Morgan fingerprint density at radius 1 is 0.289 bits per heavy atom. The van der Waals surface area contributed by atoms with Crippen molar-refractivity contribution in [3.63, 3.8) is 0 Å². The third-order valence-corrected chi connectivity index (χ3v) is 20.7. The minimum Gasteiger partial charge on any atom is -0.462 e. The molecule has 0 saturated heterocycles. The number of carbonyl (C=O) groups excluding carboxylic acids is 4. The number of phosphoric ester groups is 2. The van der Waals surface area contributed by atoms with Crippen molar-refractivity contribution in [1.29, 1.82) is 0 Å². The van der Waals surface area contributed by atoms with Crippen LogP contribution in [0, 0.1) is 23.7 Å². The minimum atomic E-state index is -4.96.